The van der Waals surface area contributed by atoms with Gasteiger partial charge in [0.2, 0.25) is 0 Å². The van der Waals surface area contributed by atoms with Crippen molar-refractivity contribution >= 4 is 43.2 Å². The minimum absolute atomic E-state index is 0. The lowest BCUT2D eigenvalue weighted by molar-refractivity contribution is 1.53. The van der Waals surface area contributed by atoms with Crippen LogP contribution in [-0.4, -0.2) is 6.16 Å². The molecule has 0 bridgehead atoms. The van der Waals surface area contributed by atoms with Crippen molar-refractivity contribution in [3.05, 3.63) is 0 Å². The van der Waals surface area contributed by atoms with E-state index in [1.165, 1.54) is 0 Å². The van der Waals surface area contributed by atoms with Gasteiger partial charge in [-0.2, -0.15) is 0 Å². The molecule has 0 nitrogen and oxygen atoms in total. The average molecular weight is 222 g/mol. The molecule has 0 aromatic carbocycles. The van der Waals surface area contributed by atoms with E-state index in [1.807, 2.05) is 6.92 Å². The van der Waals surface area contributed by atoms with Crippen LogP contribution >= 0.6 is 43.2 Å². The topological polar surface area (TPSA) is 0 Å². The molecule has 0 aliphatic heterocycles. The van der Waals surface area contributed by atoms with Crippen molar-refractivity contribution in [2.45, 2.75) is 6.92 Å². The molecule has 0 spiro atoms. The molecule has 34 valence electrons. The molecule has 0 aliphatic carbocycles. The SMILES string of the molecule is Br.Br.CC[P]. The van der Waals surface area contributed by atoms with Gasteiger partial charge >= 0.3 is 0 Å². The molecule has 0 rings (SSSR count). The number of rotatable bonds is 0. The zero-order valence-electron chi connectivity index (χ0n) is 2.97. The summed E-state index contributed by atoms with van der Waals surface area (Å²) in [5.41, 5.74) is 0. The van der Waals surface area contributed by atoms with Gasteiger partial charge in [0.25, 0.3) is 0 Å². The summed E-state index contributed by atoms with van der Waals surface area (Å²) < 4.78 is 0. The van der Waals surface area contributed by atoms with Crippen LogP contribution in [0.4, 0.5) is 0 Å². The van der Waals surface area contributed by atoms with Gasteiger partial charge in [0, 0.05) is 0 Å². The van der Waals surface area contributed by atoms with Crippen molar-refractivity contribution in [3.63, 3.8) is 0 Å². The second-order valence-corrected chi connectivity index (χ2v) is 0.949. The molecule has 0 saturated heterocycles. The summed E-state index contributed by atoms with van der Waals surface area (Å²) >= 11 is 0. The van der Waals surface area contributed by atoms with Crippen molar-refractivity contribution in [1.29, 1.82) is 0 Å². The lowest BCUT2D eigenvalue weighted by atomic mass is 11.0. The lowest BCUT2D eigenvalue weighted by Crippen LogP contribution is -1.33. The molecule has 0 aromatic rings. The predicted molar refractivity (Wildman–Crippen MR) is 38.1 cm³/mol. The summed E-state index contributed by atoms with van der Waals surface area (Å²) in [5, 5.41) is 0. The van der Waals surface area contributed by atoms with Gasteiger partial charge in [-0.1, -0.05) is 6.92 Å². The Morgan fingerprint density at radius 3 is 1.40 bits per heavy atom. The minimum atomic E-state index is 0. The molecule has 0 N–H and O–H groups in total. The highest BCUT2D eigenvalue weighted by Crippen LogP contribution is 1.68. The molecule has 0 atom stereocenters. The predicted octanol–water partition coefficient (Wildman–Crippen LogP) is 2.57. The molecule has 0 aliphatic rings. The smallest absolute Gasteiger partial charge is 0.0270 e. The van der Waals surface area contributed by atoms with Crippen molar-refractivity contribution in [2.75, 3.05) is 6.16 Å². The molecule has 0 unspecified atom stereocenters. The largest absolute Gasteiger partial charge is 0.114 e. The second-order valence-electron chi connectivity index (χ2n) is 0.316. The van der Waals surface area contributed by atoms with E-state index in [0.717, 1.165) is 6.16 Å². The van der Waals surface area contributed by atoms with Crippen LogP contribution in [0.15, 0.2) is 0 Å². The van der Waals surface area contributed by atoms with E-state index in [0.29, 0.717) is 0 Å². The maximum Gasteiger partial charge on any atom is -0.0270 e. The standard InChI is InChI=1S/C2H5P.2BrH/c1-2-3;;/h2H2,1H3;2*1H. The Labute approximate surface area is 56.5 Å². The van der Waals surface area contributed by atoms with E-state index < -0.39 is 0 Å². The molecule has 0 fully saturated rings. The molecular formula is C2H7Br2P. The fourth-order valence-electron chi connectivity index (χ4n) is 0. The van der Waals surface area contributed by atoms with Gasteiger partial charge in [-0.15, -0.1) is 34.0 Å². The molecule has 0 saturated carbocycles. The van der Waals surface area contributed by atoms with Crippen molar-refractivity contribution in [3.8, 4) is 0 Å². The quantitative estimate of drug-likeness (QED) is 0.552. The number of halogens is 2. The first-order chi connectivity index (χ1) is 1.41. The first kappa shape index (κ1) is 16.2. The molecule has 2 radical (unpaired) electrons. The van der Waals surface area contributed by atoms with Gasteiger partial charge < -0.3 is 0 Å². The molecule has 3 heteroatoms. The minimum Gasteiger partial charge on any atom is -0.114 e. The van der Waals surface area contributed by atoms with Crippen LogP contribution in [0.5, 0.6) is 0 Å². The van der Waals surface area contributed by atoms with Crippen LogP contribution < -0.4 is 0 Å². The molecule has 0 heterocycles. The van der Waals surface area contributed by atoms with Crippen LogP contribution in [0.1, 0.15) is 6.92 Å². The van der Waals surface area contributed by atoms with Crippen molar-refractivity contribution in [2.24, 2.45) is 0 Å². The lowest BCUT2D eigenvalue weighted by Gasteiger charge is -1.45. The third-order valence-corrected chi connectivity index (χ3v) is 0. The highest BCUT2D eigenvalue weighted by atomic mass is 79.9. The molecular weight excluding hydrogens is 215 g/mol. The van der Waals surface area contributed by atoms with Crippen molar-refractivity contribution < 1.29 is 0 Å². The third-order valence-electron chi connectivity index (χ3n) is 0. The van der Waals surface area contributed by atoms with E-state index in [2.05, 4.69) is 9.24 Å². The van der Waals surface area contributed by atoms with E-state index in [-0.39, 0.29) is 34.0 Å². The summed E-state index contributed by atoms with van der Waals surface area (Å²) in [4.78, 5) is 0. The van der Waals surface area contributed by atoms with Crippen LogP contribution in [0.3, 0.4) is 0 Å². The van der Waals surface area contributed by atoms with Gasteiger partial charge in [0.1, 0.15) is 0 Å². The zero-order chi connectivity index (χ0) is 2.71. The molecule has 0 aromatic heterocycles. The summed E-state index contributed by atoms with van der Waals surface area (Å²) in [6.45, 7) is 1.99. The summed E-state index contributed by atoms with van der Waals surface area (Å²) in [6, 6.07) is 0. The van der Waals surface area contributed by atoms with Gasteiger partial charge in [-0.25, -0.2) is 0 Å². The van der Waals surface area contributed by atoms with Crippen molar-refractivity contribution in [1.82, 2.24) is 0 Å². The van der Waals surface area contributed by atoms with Gasteiger partial charge in [0.15, 0.2) is 0 Å². The summed E-state index contributed by atoms with van der Waals surface area (Å²) in [7, 11) is 3.79. The second kappa shape index (κ2) is 18.2. The molecule has 5 heavy (non-hydrogen) atoms. The fourth-order valence-corrected chi connectivity index (χ4v) is 0. The Hall–Kier alpha value is 1.39. The average Bonchev–Trinajstić information content (AvgIpc) is 0.918. The van der Waals surface area contributed by atoms with E-state index in [1.54, 1.807) is 0 Å². The van der Waals surface area contributed by atoms with E-state index in [9.17, 15) is 0 Å². The van der Waals surface area contributed by atoms with Crippen LogP contribution in [0.2, 0.25) is 0 Å². The normalized spacial score (nSPS) is 3.60. The van der Waals surface area contributed by atoms with Gasteiger partial charge in [-0.05, 0) is 15.4 Å². The van der Waals surface area contributed by atoms with Crippen LogP contribution in [-0.2, 0) is 0 Å². The third kappa shape index (κ3) is 32.1. The highest BCUT2D eigenvalue weighted by Gasteiger charge is 1.37. The van der Waals surface area contributed by atoms with Crippen LogP contribution in [0.25, 0.3) is 0 Å². The Kier molecular flexibility index (Phi) is 58.8. The summed E-state index contributed by atoms with van der Waals surface area (Å²) in [5.74, 6) is 0. The first-order valence-electron chi connectivity index (χ1n) is 1.02. The van der Waals surface area contributed by atoms with Gasteiger partial charge in [0.05, 0.1) is 0 Å². The van der Waals surface area contributed by atoms with E-state index in [4.69, 9.17) is 0 Å². The van der Waals surface area contributed by atoms with Gasteiger partial charge in [-0.3, -0.25) is 0 Å². The molecule has 0 amide bonds. The summed E-state index contributed by atoms with van der Waals surface area (Å²) in [6.07, 6.45) is 0.944. The highest BCUT2D eigenvalue weighted by molar-refractivity contribution is 8.93. The maximum absolute atomic E-state index is 3.79. The Balaban J connectivity index is -0.0000000200. The van der Waals surface area contributed by atoms with Crippen LogP contribution in [0, 0.1) is 0 Å². The monoisotopic (exact) mass is 220 g/mol. The first-order valence-corrected chi connectivity index (χ1v) is 1.66. The fraction of sp³-hybridized carbons (Fsp3) is 1.00. The Morgan fingerprint density at radius 1 is 1.40 bits per heavy atom. The Bertz CT molecular complexity index is 7.61. The Morgan fingerprint density at radius 2 is 1.40 bits per heavy atom. The van der Waals surface area contributed by atoms with E-state index >= 15 is 0 Å². The number of hydrogen-bond donors (Lipinski definition) is 0. The zero-order valence-corrected chi connectivity index (χ0v) is 7.29. The maximum atomic E-state index is 3.79. The number of hydrogen-bond acceptors (Lipinski definition) is 0.